The molecule has 0 amide bonds. The molecule has 1 aliphatic carbocycles. The van der Waals surface area contributed by atoms with E-state index in [1.54, 1.807) is 11.3 Å². The van der Waals surface area contributed by atoms with Crippen LogP contribution in [0.25, 0.3) is 0 Å². The molecule has 3 rings (SSSR count). The highest BCUT2D eigenvalue weighted by Crippen LogP contribution is 2.36. The summed E-state index contributed by atoms with van der Waals surface area (Å²) >= 11 is 1.81. The van der Waals surface area contributed by atoms with E-state index in [0.29, 0.717) is 6.04 Å². The van der Waals surface area contributed by atoms with Gasteiger partial charge in [-0.1, -0.05) is 6.92 Å². The summed E-state index contributed by atoms with van der Waals surface area (Å²) in [4.78, 5) is 7.32. The van der Waals surface area contributed by atoms with Crippen LogP contribution in [0.5, 0.6) is 0 Å². The SMILES string of the molecule is CCC1(C)CNC(C2CC2)CN1Cc1nc(C)cs1. The van der Waals surface area contributed by atoms with E-state index in [0.717, 1.165) is 24.7 Å². The summed E-state index contributed by atoms with van der Waals surface area (Å²) in [7, 11) is 0. The van der Waals surface area contributed by atoms with Gasteiger partial charge in [0.1, 0.15) is 5.01 Å². The van der Waals surface area contributed by atoms with Gasteiger partial charge >= 0.3 is 0 Å². The quantitative estimate of drug-likeness (QED) is 0.918. The molecule has 2 heterocycles. The summed E-state index contributed by atoms with van der Waals surface area (Å²) in [6, 6.07) is 0.709. The first-order valence-electron chi connectivity index (χ1n) is 7.50. The minimum atomic E-state index is 0.283. The number of nitrogens with zero attached hydrogens (tertiary/aromatic N) is 2. The van der Waals surface area contributed by atoms with Gasteiger partial charge in [0, 0.05) is 35.7 Å². The fraction of sp³-hybridized carbons (Fsp3) is 0.800. The Kier molecular flexibility index (Phi) is 3.67. The normalized spacial score (nSPS) is 32.7. The Morgan fingerprint density at radius 1 is 1.53 bits per heavy atom. The lowest BCUT2D eigenvalue weighted by atomic mass is 9.91. The fourth-order valence-corrected chi connectivity index (χ4v) is 3.83. The van der Waals surface area contributed by atoms with Crippen molar-refractivity contribution in [3.8, 4) is 0 Å². The van der Waals surface area contributed by atoms with Crippen molar-refractivity contribution in [2.75, 3.05) is 13.1 Å². The molecule has 1 aliphatic heterocycles. The number of rotatable bonds is 4. The molecule has 0 radical (unpaired) electrons. The van der Waals surface area contributed by atoms with Crippen molar-refractivity contribution in [1.82, 2.24) is 15.2 Å². The monoisotopic (exact) mass is 279 g/mol. The summed E-state index contributed by atoms with van der Waals surface area (Å²) in [5.41, 5.74) is 1.44. The van der Waals surface area contributed by atoms with Crippen LogP contribution in [0.2, 0.25) is 0 Å². The maximum atomic E-state index is 4.65. The lowest BCUT2D eigenvalue weighted by Crippen LogP contribution is -2.63. The van der Waals surface area contributed by atoms with E-state index in [4.69, 9.17) is 0 Å². The zero-order valence-electron chi connectivity index (χ0n) is 12.3. The van der Waals surface area contributed by atoms with Crippen LogP contribution in [0.4, 0.5) is 0 Å². The summed E-state index contributed by atoms with van der Waals surface area (Å²) in [6.45, 7) is 10.1. The van der Waals surface area contributed by atoms with Crippen molar-refractivity contribution in [1.29, 1.82) is 0 Å². The van der Waals surface area contributed by atoms with Gasteiger partial charge in [0.25, 0.3) is 0 Å². The number of aryl methyl sites for hydroxylation is 1. The maximum Gasteiger partial charge on any atom is 0.107 e. The second-order valence-electron chi connectivity index (χ2n) is 6.44. The van der Waals surface area contributed by atoms with E-state index in [9.17, 15) is 0 Å². The average molecular weight is 279 g/mol. The third-order valence-electron chi connectivity index (χ3n) is 4.87. The van der Waals surface area contributed by atoms with Crippen LogP contribution in [0.3, 0.4) is 0 Å². The highest BCUT2D eigenvalue weighted by atomic mass is 32.1. The predicted molar refractivity (Wildman–Crippen MR) is 80.5 cm³/mol. The zero-order valence-corrected chi connectivity index (χ0v) is 13.1. The van der Waals surface area contributed by atoms with Crippen molar-refractivity contribution >= 4 is 11.3 Å². The van der Waals surface area contributed by atoms with Crippen molar-refractivity contribution in [3.63, 3.8) is 0 Å². The van der Waals surface area contributed by atoms with Crippen LogP contribution in [-0.2, 0) is 6.54 Å². The molecule has 1 N–H and O–H groups in total. The van der Waals surface area contributed by atoms with Gasteiger partial charge in [-0.25, -0.2) is 4.98 Å². The van der Waals surface area contributed by atoms with Gasteiger partial charge in [0.2, 0.25) is 0 Å². The number of nitrogens with one attached hydrogen (secondary N) is 1. The molecule has 19 heavy (non-hydrogen) atoms. The first-order valence-corrected chi connectivity index (χ1v) is 8.38. The van der Waals surface area contributed by atoms with Gasteiger partial charge < -0.3 is 5.32 Å². The number of hydrogen-bond donors (Lipinski definition) is 1. The van der Waals surface area contributed by atoms with Gasteiger partial charge in [-0.05, 0) is 39.0 Å². The minimum Gasteiger partial charge on any atom is -0.311 e. The molecule has 1 saturated heterocycles. The molecular weight excluding hydrogens is 254 g/mol. The van der Waals surface area contributed by atoms with Crippen molar-refractivity contribution in [2.24, 2.45) is 5.92 Å². The molecular formula is C15H25N3S. The first kappa shape index (κ1) is 13.5. The van der Waals surface area contributed by atoms with E-state index >= 15 is 0 Å². The smallest absolute Gasteiger partial charge is 0.107 e. The van der Waals surface area contributed by atoms with Crippen molar-refractivity contribution in [3.05, 3.63) is 16.1 Å². The van der Waals surface area contributed by atoms with E-state index in [1.165, 1.54) is 30.8 Å². The highest BCUT2D eigenvalue weighted by molar-refractivity contribution is 7.09. The molecule has 0 aromatic carbocycles. The van der Waals surface area contributed by atoms with Gasteiger partial charge in [0.05, 0.1) is 6.54 Å². The molecule has 3 nitrogen and oxygen atoms in total. The zero-order chi connectivity index (χ0) is 13.5. The summed E-state index contributed by atoms with van der Waals surface area (Å²) in [5, 5.41) is 7.22. The Morgan fingerprint density at radius 2 is 2.32 bits per heavy atom. The summed E-state index contributed by atoms with van der Waals surface area (Å²) < 4.78 is 0. The topological polar surface area (TPSA) is 28.2 Å². The first-order chi connectivity index (χ1) is 9.10. The summed E-state index contributed by atoms with van der Waals surface area (Å²) in [5.74, 6) is 0.932. The van der Waals surface area contributed by atoms with E-state index in [1.807, 2.05) is 0 Å². The van der Waals surface area contributed by atoms with Crippen LogP contribution in [0, 0.1) is 12.8 Å². The number of thiazole rings is 1. The lowest BCUT2D eigenvalue weighted by molar-refractivity contribution is 0.0368. The Labute approximate surface area is 120 Å². The van der Waals surface area contributed by atoms with Crippen molar-refractivity contribution in [2.45, 2.75) is 58.2 Å². The molecule has 2 unspecified atom stereocenters. The van der Waals surface area contributed by atoms with Crippen LogP contribution in [-0.4, -0.2) is 34.6 Å². The Bertz CT molecular complexity index is 440. The van der Waals surface area contributed by atoms with Gasteiger partial charge in [-0.2, -0.15) is 0 Å². The molecule has 0 bridgehead atoms. The van der Waals surface area contributed by atoms with Gasteiger partial charge in [0.15, 0.2) is 0 Å². The van der Waals surface area contributed by atoms with E-state index < -0.39 is 0 Å². The fourth-order valence-electron chi connectivity index (χ4n) is 3.04. The molecule has 106 valence electrons. The summed E-state index contributed by atoms with van der Waals surface area (Å²) in [6.07, 6.45) is 4.04. The molecule has 1 aromatic rings. The maximum absolute atomic E-state index is 4.65. The average Bonchev–Trinajstić information content (AvgIpc) is 3.16. The number of piperazine rings is 1. The van der Waals surface area contributed by atoms with Gasteiger partial charge in [-0.3, -0.25) is 4.90 Å². The van der Waals surface area contributed by atoms with Gasteiger partial charge in [-0.15, -0.1) is 11.3 Å². The van der Waals surface area contributed by atoms with Crippen LogP contribution in [0.1, 0.15) is 43.8 Å². The Hall–Kier alpha value is -0.450. The Balaban J connectivity index is 1.72. The Morgan fingerprint density at radius 3 is 2.89 bits per heavy atom. The van der Waals surface area contributed by atoms with E-state index in [-0.39, 0.29) is 5.54 Å². The molecule has 1 aromatic heterocycles. The predicted octanol–water partition coefficient (Wildman–Crippen LogP) is 2.80. The second-order valence-corrected chi connectivity index (χ2v) is 7.38. The van der Waals surface area contributed by atoms with E-state index in [2.05, 4.69) is 41.4 Å². The third-order valence-corrected chi connectivity index (χ3v) is 5.82. The molecule has 2 aliphatic rings. The van der Waals surface area contributed by atoms with Crippen LogP contribution >= 0.6 is 11.3 Å². The van der Waals surface area contributed by atoms with Crippen LogP contribution < -0.4 is 5.32 Å². The second kappa shape index (κ2) is 5.15. The van der Waals surface area contributed by atoms with Crippen molar-refractivity contribution < 1.29 is 0 Å². The third kappa shape index (κ3) is 2.86. The number of hydrogen-bond acceptors (Lipinski definition) is 4. The standard InChI is InChI=1S/C15H25N3S/c1-4-15(3)10-16-13(12-5-6-12)7-18(15)8-14-17-11(2)9-19-14/h9,12-13,16H,4-8,10H2,1-3H3. The molecule has 2 atom stereocenters. The number of aromatic nitrogens is 1. The molecule has 4 heteroatoms. The largest absolute Gasteiger partial charge is 0.311 e. The minimum absolute atomic E-state index is 0.283. The highest BCUT2D eigenvalue weighted by Gasteiger charge is 2.41. The molecule has 0 spiro atoms. The molecule has 2 fully saturated rings. The molecule has 1 saturated carbocycles. The lowest BCUT2D eigenvalue weighted by Gasteiger charge is -2.48. The van der Waals surface area contributed by atoms with Crippen LogP contribution in [0.15, 0.2) is 5.38 Å².